The Bertz CT molecular complexity index is 155. The van der Waals surface area contributed by atoms with Crippen molar-refractivity contribution in [1.82, 2.24) is 0 Å². The lowest BCUT2D eigenvalue weighted by molar-refractivity contribution is -0.138. The summed E-state index contributed by atoms with van der Waals surface area (Å²) in [6.07, 6.45) is 1.11. The van der Waals surface area contributed by atoms with Gasteiger partial charge >= 0.3 is 5.97 Å². The van der Waals surface area contributed by atoms with Crippen molar-refractivity contribution in [3.05, 3.63) is 0 Å². The Morgan fingerprint density at radius 3 is 2.42 bits per heavy atom. The Morgan fingerprint density at radius 2 is 2.08 bits per heavy atom. The largest absolute Gasteiger partial charge is 0.480 e. The van der Waals surface area contributed by atoms with Gasteiger partial charge in [-0.1, -0.05) is 20.3 Å². The molecule has 0 aliphatic carbocycles. The van der Waals surface area contributed by atoms with Crippen LogP contribution in [0.5, 0.6) is 0 Å². The van der Waals surface area contributed by atoms with Crippen LogP contribution in [0.25, 0.3) is 0 Å². The first-order chi connectivity index (χ1) is 5.40. The van der Waals surface area contributed by atoms with Crippen LogP contribution in [-0.4, -0.2) is 21.6 Å². The molecule has 2 nitrogen and oxygen atoms in total. The maximum Gasteiger partial charge on any atom is 0.319 e. The zero-order valence-electron chi connectivity index (χ0n) is 8.26. The Kier molecular flexibility index (Phi) is 4.68. The van der Waals surface area contributed by atoms with Crippen LogP contribution < -0.4 is 0 Å². The van der Waals surface area contributed by atoms with Crippen molar-refractivity contribution < 1.29 is 9.90 Å². The molecule has 0 spiro atoms. The van der Waals surface area contributed by atoms with E-state index in [1.54, 1.807) is 13.8 Å². The van der Waals surface area contributed by atoms with E-state index in [2.05, 4.69) is 13.8 Å². The molecule has 1 atom stereocenters. The maximum atomic E-state index is 10.7. The van der Waals surface area contributed by atoms with Crippen LogP contribution in [0.4, 0.5) is 0 Å². The summed E-state index contributed by atoms with van der Waals surface area (Å²) in [5.74, 6) is 0.805. The third-order valence-electron chi connectivity index (χ3n) is 1.94. The standard InChI is InChI=1S/C9H18O2S/c1-5-7(2)6-12-9(3,4)8(10)11/h7H,5-6H2,1-4H3,(H,10,11). The van der Waals surface area contributed by atoms with Crippen LogP contribution in [-0.2, 0) is 4.79 Å². The molecule has 12 heavy (non-hydrogen) atoms. The van der Waals surface area contributed by atoms with Gasteiger partial charge in [0.25, 0.3) is 0 Å². The van der Waals surface area contributed by atoms with Gasteiger partial charge in [0, 0.05) is 0 Å². The highest BCUT2D eigenvalue weighted by Gasteiger charge is 2.27. The summed E-state index contributed by atoms with van der Waals surface area (Å²) < 4.78 is -0.635. The summed E-state index contributed by atoms with van der Waals surface area (Å²) in [5.41, 5.74) is 0. The first-order valence-corrected chi connectivity index (χ1v) is 5.26. The quantitative estimate of drug-likeness (QED) is 0.724. The lowest BCUT2D eigenvalue weighted by Gasteiger charge is -2.20. The van der Waals surface area contributed by atoms with Gasteiger partial charge in [-0.15, -0.1) is 11.8 Å². The van der Waals surface area contributed by atoms with E-state index in [1.165, 1.54) is 11.8 Å². The van der Waals surface area contributed by atoms with E-state index in [0.717, 1.165) is 12.2 Å². The summed E-state index contributed by atoms with van der Waals surface area (Å²) >= 11 is 1.52. The molecule has 0 radical (unpaired) electrons. The topological polar surface area (TPSA) is 37.3 Å². The molecule has 0 aromatic carbocycles. The van der Waals surface area contributed by atoms with Gasteiger partial charge in [-0.2, -0.15) is 0 Å². The summed E-state index contributed by atoms with van der Waals surface area (Å²) in [5, 5.41) is 8.81. The minimum absolute atomic E-state index is 0.605. The van der Waals surface area contributed by atoms with E-state index in [-0.39, 0.29) is 0 Å². The highest BCUT2D eigenvalue weighted by molar-refractivity contribution is 8.01. The van der Waals surface area contributed by atoms with E-state index in [9.17, 15) is 4.79 Å². The van der Waals surface area contributed by atoms with Crippen molar-refractivity contribution in [1.29, 1.82) is 0 Å². The molecular formula is C9H18O2S. The van der Waals surface area contributed by atoms with E-state index in [0.29, 0.717) is 5.92 Å². The molecule has 0 rings (SSSR count). The Morgan fingerprint density at radius 1 is 1.58 bits per heavy atom. The molecule has 0 aliphatic heterocycles. The molecule has 1 unspecified atom stereocenters. The van der Waals surface area contributed by atoms with Gasteiger partial charge in [0.15, 0.2) is 0 Å². The monoisotopic (exact) mass is 190 g/mol. The molecule has 0 fully saturated rings. The van der Waals surface area contributed by atoms with Crippen molar-refractivity contribution in [2.45, 2.75) is 38.9 Å². The van der Waals surface area contributed by atoms with Crippen LogP contribution in [0.1, 0.15) is 34.1 Å². The van der Waals surface area contributed by atoms with Crippen LogP contribution in [0, 0.1) is 5.92 Å². The fourth-order valence-electron chi connectivity index (χ4n) is 0.530. The number of hydrogen-bond donors (Lipinski definition) is 1. The second-order valence-electron chi connectivity index (χ2n) is 3.64. The molecule has 0 saturated carbocycles. The zero-order valence-corrected chi connectivity index (χ0v) is 9.07. The van der Waals surface area contributed by atoms with Crippen LogP contribution in [0.3, 0.4) is 0 Å². The van der Waals surface area contributed by atoms with Crippen molar-refractivity contribution in [2.75, 3.05) is 5.75 Å². The number of carbonyl (C=O) groups is 1. The van der Waals surface area contributed by atoms with Crippen molar-refractivity contribution in [3.8, 4) is 0 Å². The van der Waals surface area contributed by atoms with E-state index in [4.69, 9.17) is 5.11 Å². The van der Waals surface area contributed by atoms with Gasteiger partial charge in [0.1, 0.15) is 4.75 Å². The average Bonchev–Trinajstić information content (AvgIpc) is 2.00. The Labute approximate surface area is 78.7 Å². The van der Waals surface area contributed by atoms with E-state index in [1.807, 2.05) is 0 Å². The van der Waals surface area contributed by atoms with Crippen LogP contribution in [0.15, 0.2) is 0 Å². The second kappa shape index (κ2) is 4.75. The van der Waals surface area contributed by atoms with Gasteiger partial charge in [0.05, 0.1) is 0 Å². The number of rotatable bonds is 5. The molecule has 0 saturated heterocycles. The fraction of sp³-hybridized carbons (Fsp3) is 0.889. The van der Waals surface area contributed by atoms with Gasteiger partial charge in [-0.25, -0.2) is 0 Å². The maximum absolute atomic E-state index is 10.7. The normalized spacial score (nSPS) is 14.3. The average molecular weight is 190 g/mol. The first kappa shape index (κ1) is 11.8. The molecule has 0 amide bonds. The lowest BCUT2D eigenvalue weighted by Crippen LogP contribution is -2.28. The number of hydrogen-bond acceptors (Lipinski definition) is 2. The first-order valence-electron chi connectivity index (χ1n) is 4.27. The third-order valence-corrected chi connectivity index (χ3v) is 3.57. The van der Waals surface area contributed by atoms with Gasteiger partial charge in [-0.3, -0.25) is 4.79 Å². The molecule has 3 heteroatoms. The molecule has 72 valence electrons. The number of carboxylic acid groups (broad SMARTS) is 1. The zero-order chi connectivity index (χ0) is 9.78. The summed E-state index contributed by atoms with van der Waals surface area (Å²) in [6.45, 7) is 7.77. The molecule has 1 N–H and O–H groups in total. The van der Waals surface area contributed by atoms with Gasteiger partial charge < -0.3 is 5.11 Å². The third kappa shape index (κ3) is 4.00. The lowest BCUT2D eigenvalue weighted by atomic mass is 10.2. The molecule has 0 aromatic heterocycles. The predicted octanol–water partition coefficient (Wildman–Crippen LogP) is 2.63. The van der Waals surface area contributed by atoms with E-state index < -0.39 is 10.7 Å². The Balaban J connectivity index is 3.83. The number of thioether (sulfide) groups is 1. The summed E-state index contributed by atoms with van der Waals surface area (Å²) in [6, 6.07) is 0. The van der Waals surface area contributed by atoms with Crippen molar-refractivity contribution in [3.63, 3.8) is 0 Å². The van der Waals surface area contributed by atoms with Gasteiger partial charge in [0.2, 0.25) is 0 Å². The SMILES string of the molecule is CCC(C)CSC(C)(C)C(=O)O. The minimum Gasteiger partial charge on any atom is -0.480 e. The fourth-order valence-corrected chi connectivity index (χ4v) is 1.59. The molecular weight excluding hydrogens is 172 g/mol. The number of carboxylic acids is 1. The van der Waals surface area contributed by atoms with Crippen molar-refractivity contribution >= 4 is 17.7 Å². The van der Waals surface area contributed by atoms with Crippen molar-refractivity contribution in [2.24, 2.45) is 5.92 Å². The Hall–Kier alpha value is -0.180. The minimum atomic E-state index is -0.726. The molecule has 0 aromatic rings. The van der Waals surface area contributed by atoms with Crippen LogP contribution in [0.2, 0.25) is 0 Å². The predicted molar refractivity (Wildman–Crippen MR) is 53.6 cm³/mol. The smallest absolute Gasteiger partial charge is 0.319 e. The van der Waals surface area contributed by atoms with Gasteiger partial charge in [-0.05, 0) is 25.5 Å². The van der Waals surface area contributed by atoms with E-state index >= 15 is 0 Å². The summed E-state index contributed by atoms with van der Waals surface area (Å²) in [7, 11) is 0. The summed E-state index contributed by atoms with van der Waals surface area (Å²) in [4.78, 5) is 10.7. The number of aliphatic carboxylic acids is 1. The second-order valence-corrected chi connectivity index (χ2v) is 5.28. The molecule has 0 heterocycles. The highest BCUT2D eigenvalue weighted by atomic mass is 32.2. The molecule has 0 aliphatic rings. The molecule has 0 bridgehead atoms. The van der Waals surface area contributed by atoms with Crippen LogP contribution >= 0.6 is 11.8 Å². The highest BCUT2D eigenvalue weighted by Crippen LogP contribution is 2.27.